The van der Waals surface area contributed by atoms with Crippen LogP contribution in [-0.4, -0.2) is 18.3 Å². The molecule has 1 aromatic rings. The average Bonchev–Trinajstić information content (AvgIpc) is 2.45. The Hall–Kier alpha value is -1.55. The van der Waals surface area contributed by atoms with E-state index in [-0.39, 0.29) is 0 Å². The molecule has 108 valence electrons. The molecule has 20 heavy (non-hydrogen) atoms. The van der Waals surface area contributed by atoms with E-state index in [1.54, 1.807) is 0 Å². The van der Waals surface area contributed by atoms with Gasteiger partial charge in [-0.25, -0.2) is 0 Å². The van der Waals surface area contributed by atoms with E-state index in [0.29, 0.717) is 6.54 Å². The molecular weight excluding hydrogens is 266 g/mol. The number of nitrogens with zero attached hydrogens (tertiary/aromatic N) is 2. The molecule has 0 unspecified atom stereocenters. The molecule has 0 aliphatic heterocycles. The molecule has 0 aromatic heterocycles. The van der Waals surface area contributed by atoms with Crippen molar-refractivity contribution in [2.75, 3.05) is 5.75 Å². The number of hydrazone groups is 1. The van der Waals surface area contributed by atoms with Gasteiger partial charge in [-0.1, -0.05) is 25.6 Å². The fourth-order valence-electron chi connectivity index (χ4n) is 2.05. The van der Waals surface area contributed by atoms with Gasteiger partial charge < -0.3 is 0 Å². The molecule has 3 nitrogen and oxygen atoms in total. The van der Waals surface area contributed by atoms with Crippen LogP contribution in [0.25, 0.3) is 6.08 Å². The van der Waals surface area contributed by atoms with E-state index in [9.17, 15) is 0 Å². The summed E-state index contributed by atoms with van der Waals surface area (Å²) in [7, 11) is 0. The van der Waals surface area contributed by atoms with E-state index in [0.717, 1.165) is 24.4 Å². The minimum absolute atomic E-state index is 0.627. The monoisotopic (exact) mass is 289 g/mol. The Morgan fingerprint density at radius 3 is 2.70 bits per heavy atom. The molecule has 4 heteroatoms. The largest absolute Gasteiger partial charge is 0.266 e. The predicted molar refractivity (Wildman–Crippen MR) is 92.9 cm³/mol. The van der Waals surface area contributed by atoms with Crippen molar-refractivity contribution in [3.05, 3.63) is 41.0 Å². The minimum Gasteiger partial charge on any atom is -0.266 e. The summed E-state index contributed by atoms with van der Waals surface area (Å²) < 4.78 is 0. The van der Waals surface area contributed by atoms with E-state index < -0.39 is 0 Å². The number of aryl methyl sites for hydroxylation is 2. The number of amidine groups is 1. The normalized spacial score (nSPS) is 11.2. The molecular formula is C16H23N3S. The first-order valence-electron chi connectivity index (χ1n) is 6.77. The number of thiol groups is 1. The lowest BCUT2D eigenvalue weighted by Crippen LogP contribution is -2.18. The number of rotatable bonds is 7. The van der Waals surface area contributed by atoms with E-state index in [2.05, 4.69) is 67.4 Å². The van der Waals surface area contributed by atoms with Gasteiger partial charge in [0.2, 0.25) is 0 Å². The van der Waals surface area contributed by atoms with Crippen LogP contribution in [0.15, 0.2) is 28.8 Å². The topological polar surface area (TPSA) is 36.8 Å². The van der Waals surface area contributed by atoms with Gasteiger partial charge in [0, 0.05) is 13.1 Å². The molecule has 0 aliphatic carbocycles. The molecule has 0 amide bonds. The Morgan fingerprint density at radius 1 is 1.40 bits per heavy atom. The van der Waals surface area contributed by atoms with Crippen molar-refractivity contribution in [2.24, 2.45) is 10.1 Å². The van der Waals surface area contributed by atoms with Crippen molar-refractivity contribution in [3.63, 3.8) is 0 Å². The van der Waals surface area contributed by atoms with Crippen LogP contribution in [0.4, 0.5) is 0 Å². The lowest BCUT2D eigenvalue weighted by atomic mass is 9.97. The van der Waals surface area contributed by atoms with Crippen LogP contribution in [0.2, 0.25) is 0 Å². The summed E-state index contributed by atoms with van der Waals surface area (Å²) in [5.74, 6) is 1.54. The van der Waals surface area contributed by atoms with Crippen molar-refractivity contribution >= 4 is 31.3 Å². The van der Waals surface area contributed by atoms with Crippen molar-refractivity contribution < 1.29 is 0 Å². The van der Waals surface area contributed by atoms with Crippen LogP contribution in [0.3, 0.4) is 0 Å². The highest BCUT2D eigenvalue weighted by Crippen LogP contribution is 2.19. The first kappa shape index (κ1) is 16.5. The Bertz CT molecular complexity index is 507. The summed E-state index contributed by atoms with van der Waals surface area (Å²) in [4.78, 5) is 4.55. The zero-order valence-electron chi connectivity index (χ0n) is 12.3. The third-order valence-electron chi connectivity index (χ3n) is 3.20. The lowest BCUT2D eigenvalue weighted by molar-refractivity contribution is 0.938. The SMILES string of the molecule is C=Cc1cc(CN=C(CCS)NN=C)c(C)cc1CC. The van der Waals surface area contributed by atoms with Crippen LogP contribution < -0.4 is 5.43 Å². The molecule has 0 radical (unpaired) electrons. The summed E-state index contributed by atoms with van der Waals surface area (Å²) in [5, 5.41) is 3.67. The zero-order valence-corrected chi connectivity index (χ0v) is 13.2. The molecule has 1 rings (SSSR count). The molecule has 0 atom stereocenters. The van der Waals surface area contributed by atoms with Gasteiger partial charge >= 0.3 is 0 Å². The van der Waals surface area contributed by atoms with Crippen LogP contribution in [0.1, 0.15) is 35.6 Å². The Labute approximate surface area is 127 Å². The van der Waals surface area contributed by atoms with Gasteiger partial charge in [-0.05, 0) is 47.4 Å². The highest BCUT2D eigenvalue weighted by Gasteiger charge is 2.05. The van der Waals surface area contributed by atoms with Gasteiger partial charge in [-0.3, -0.25) is 10.4 Å². The maximum absolute atomic E-state index is 4.55. The second kappa shape index (κ2) is 8.59. The van der Waals surface area contributed by atoms with E-state index in [1.165, 1.54) is 22.3 Å². The van der Waals surface area contributed by atoms with Gasteiger partial charge in [0.15, 0.2) is 0 Å². The predicted octanol–water partition coefficient (Wildman–Crippen LogP) is 3.62. The molecule has 0 bridgehead atoms. The Balaban J connectivity index is 2.99. The molecule has 0 spiro atoms. The highest BCUT2D eigenvalue weighted by molar-refractivity contribution is 7.80. The van der Waals surface area contributed by atoms with Gasteiger partial charge in [0.05, 0.1) is 6.54 Å². The first-order chi connectivity index (χ1) is 9.65. The number of benzene rings is 1. The van der Waals surface area contributed by atoms with Crippen LogP contribution in [-0.2, 0) is 13.0 Å². The molecule has 0 saturated carbocycles. The minimum atomic E-state index is 0.627. The second-order valence-corrected chi connectivity index (χ2v) is 4.99. The van der Waals surface area contributed by atoms with Crippen molar-refractivity contribution in [1.29, 1.82) is 0 Å². The van der Waals surface area contributed by atoms with Gasteiger partial charge in [-0.15, -0.1) is 0 Å². The van der Waals surface area contributed by atoms with Gasteiger partial charge in [0.1, 0.15) is 5.84 Å². The third-order valence-corrected chi connectivity index (χ3v) is 3.42. The van der Waals surface area contributed by atoms with Crippen molar-refractivity contribution in [3.8, 4) is 0 Å². The summed E-state index contributed by atoms with van der Waals surface area (Å²) in [5.41, 5.74) is 7.80. The van der Waals surface area contributed by atoms with Gasteiger partial charge in [0.25, 0.3) is 0 Å². The standard InChI is InChI=1S/C16H23N3S/c1-5-13-9-12(3)15(10-14(13)6-2)11-18-16(7-8-20)19-17-4/h6,9-10,20H,2,4-5,7-8,11H2,1,3H3,(H,18,19). The fourth-order valence-corrected chi connectivity index (χ4v) is 2.26. The Kier molecular flexibility index (Phi) is 7.09. The van der Waals surface area contributed by atoms with Crippen LogP contribution in [0, 0.1) is 6.92 Å². The van der Waals surface area contributed by atoms with Crippen molar-refractivity contribution in [2.45, 2.75) is 33.2 Å². The number of hydrogen-bond donors (Lipinski definition) is 2. The quantitative estimate of drug-likeness (QED) is 0.342. The molecule has 1 aromatic carbocycles. The van der Waals surface area contributed by atoms with E-state index in [4.69, 9.17) is 0 Å². The molecule has 1 N–H and O–H groups in total. The second-order valence-electron chi connectivity index (χ2n) is 4.54. The summed E-state index contributed by atoms with van der Waals surface area (Å²) in [6.07, 6.45) is 3.67. The molecule has 0 heterocycles. The van der Waals surface area contributed by atoms with E-state index in [1.807, 2.05) is 6.08 Å². The number of nitrogens with one attached hydrogen (secondary N) is 1. The average molecular weight is 289 g/mol. The van der Waals surface area contributed by atoms with Gasteiger partial charge in [-0.2, -0.15) is 17.7 Å². The molecule has 0 aliphatic rings. The maximum atomic E-state index is 4.55. The van der Waals surface area contributed by atoms with Crippen LogP contribution in [0.5, 0.6) is 0 Å². The molecule has 0 fully saturated rings. The summed E-state index contributed by atoms with van der Waals surface area (Å²) in [6.45, 7) is 12.2. The lowest BCUT2D eigenvalue weighted by Gasteiger charge is -2.11. The fraction of sp³-hybridized carbons (Fsp3) is 0.375. The Morgan fingerprint density at radius 2 is 2.15 bits per heavy atom. The highest BCUT2D eigenvalue weighted by atomic mass is 32.1. The molecule has 0 saturated heterocycles. The number of aliphatic imine (C=N–C) groups is 1. The zero-order chi connectivity index (χ0) is 15.0. The van der Waals surface area contributed by atoms with Crippen LogP contribution >= 0.6 is 12.6 Å². The first-order valence-corrected chi connectivity index (χ1v) is 7.40. The summed E-state index contributed by atoms with van der Waals surface area (Å²) >= 11 is 4.21. The smallest absolute Gasteiger partial charge is 0.118 e. The summed E-state index contributed by atoms with van der Waals surface area (Å²) in [6, 6.07) is 4.39. The maximum Gasteiger partial charge on any atom is 0.118 e. The van der Waals surface area contributed by atoms with Crippen molar-refractivity contribution in [1.82, 2.24) is 5.43 Å². The number of hydrogen-bond acceptors (Lipinski definition) is 3. The van der Waals surface area contributed by atoms with E-state index >= 15 is 0 Å². The third kappa shape index (κ3) is 4.53.